The van der Waals surface area contributed by atoms with E-state index >= 15 is 0 Å². The molecule has 3 rings (SSSR count). The predicted molar refractivity (Wildman–Crippen MR) is 74.7 cm³/mol. The summed E-state index contributed by atoms with van der Waals surface area (Å²) in [7, 11) is 0. The highest BCUT2D eigenvalue weighted by molar-refractivity contribution is 9.10. The molecule has 98 valence electrons. The Hall–Kier alpha value is -1.76. The van der Waals surface area contributed by atoms with Crippen molar-refractivity contribution >= 4 is 21.7 Å². The van der Waals surface area contributed by atoms with Crippen LogP contribution in [0.2, 0.25) is 0 Å². The summed E-state index contributed by atoms with van der Waals surface area (Å²) in [5.74, 6) is 0.571. The number of hydrogen-bond donors (Lipinski definition) is 0. The van der Waals surface area contributed by atoms with Crippen molar-refractivity contribution in [2.24, 2.45) is 0 Å². The lowest BCUT2D eigenvalue weighted by Gasteiger charge is -2.18. The average Bonchev–Trinajstić information content (AvgIpc) is 2.93. The molecular formula is C12H13BrN6. The second kappa shape index (κ2) is 4.12. The SMILES string of the molecule is CC(C)(C)n1cc(-c2nc3ncnn3cc2Br)cn1. The molecule has 0 aliphatic carbocycles. The first-order valence-electron chi connectivity index (χ1n) is 5.86. The molecule has 0 amide bonds. The highest BCUT2D eigenvalue weighted by Crippen LogP contribution is 2.27. The van der Waals surface area contributed by atoms with Crippen LogP contribution < -0.4 is 0 Å². The maximum atomic E-state index is 4.49. The number of rotatable bonds is 1. The van der Waals surface area contributed by atoms with E-state index in [9.17, 15) is 0 Å². The van der Waals surface area contributed by atoms with E-state index in [1.54, 1.807) is 4.52 Å². The lowest BCUT2D eigenvalue weighted by molar-refractivity contribution is 0.355. The third-order valence-electron chi connectivity index (χ3n) is 2.77. The fourth-order valence-electron chi connectivity index (χ4n) is 1.75. The smallest absolute Gasteiger partial charge is 0.252 e. The molecule has 6 nitrogen and oxygen atoms in total. The van der Waals surface area contributed by atoms with Crippen molar-refractivity contribution in [3.63, 3.8) is 0 Å². The van der Waals surface area contributed by atoms with Crippen LogP contribution in [-0.4, -0.2) is 29.4 Å². The maximum absolute atomic E-state index is 4.49. The predicted octanol–water partition coefficient (Wildman–Crippen LogP) is 2.51. The van der Waals surface area contributed by atoms with Gasteiger partial charge in [-0.1, -0.05) is 0 Å². The van der Waals surface area contributed by atoms with Gasteiger partial charge in [-0.05, 0) is 36.7 Å². The van der Waals surface area contributed by atoms with Gasteiger partial charge < -0.3 is 0 Å². The Balaban J connectivity index is 2.13. The van der Waals surface area contributed by atoms with Crippen LogP contribution in [-0.2, 0) is 5.54 Å². The first kappa shape index (κ1) is 12.3. The first-order valence-corrected chi connectivity index (χ1v) is 6.66. The van der Waals surface area contributed by atoms with E-state index in [0.29, 0.717) is 5.78 Å². The van der Waals surface area contributed by atoms with Crippen LogP contribution in [0.25, 0.3) is 17.0 Å². The first-order chi connectivity index (χ1) is 8.95. The van der Waals surface area contributed by atoms with Gasteiger partial charge in [-0.15, -0.1) is 0 Å². The molecule has 0 unspecified atom stereocenters. The van der Waals surface area contributed by atoms with Crippen molar-refractivity contribution in [1.82, 2.24) is 29.4 Å². The molecule has 0 aliphatic rings. The molecule has 0 fully saturated rings. The van der Waals surface area contributed by atoms with Crippen LogP contribution in [0.15, 0.2) is 29.4 Å². The molecule has 0 saturated carbocycles. The molecule has 0 bridgehead atoms. The van der Waals surface area contributed by atoms with Crippen LogP contribution in [0, 0.1) is 0 Å². The Morgan fingerprint density at radius 2 is 1.95 bits per heavy atom. The summed E-state index contributed by atoms with van der Waals surface area (Å²) in [5.41, 5.74) is 1.72. The zero-order valence-electron chi connectivity index (χ0n) is 10.9. The van der Waals surface area contributed by atoms with Crippen molar-refractivity contribution in [3.8, 4) is 11.3 Å². The molecule has 0 saturated heterocycles. The monoisotopic (exact) mass is 320 g/mol. The van der Waals surface area contributed by atoms with Gasteiger partial charge >= 0.3 is 0 Å². The zero-order chi connectivity index (χ0) is 13.6. The van der Waals surface area contributed by atoms with E-state index in [4.69, 9.17) is 0 Å². The van der Waals surface area contributed by atoms with E-state index in [-0.39, 0.29) is 5.54 Å². The van der Waals surface area contributed by atoms with Crippen LogP contribution in [0.1, 0.15) is 20.8 Å². The minimum Gasteiger partial charge on any atom is -0.267 e. The van der Waals surface area contributed by atoms with Gasteiger partial charge in [0.05, 0.1) is 21.9 Å². The minimum atomic E-state index is -0.0519. The van der Waals surface area contributed by atoms with Crippen LogP contribution in [0.4, 0.5) is 0 Å². The summed E-state index contributed by atoms with van der Waals surface area (Å²) in [6, 6.07) is 0. The van der Waals surface area contributed by atoms with Gasteiger partial charge in [-0.2, -0.15) is 15.2 Å². The second-order valence-corrected chi connectivity index (χ2v) is 6.14. The van der Waals surface area contributed by atoms with E-state index < -0.39 is 0 Å². The molecule has 3 aromatic heterocycles. The summed E-state index contributed by atoms with van der Waals surface area (Å²) < 4.78 is 4.41. The molecule has 0 radical (unpaired) electrons. The Kier molecular flexibility index (Phi) is 2.67. The number of halogens is 1. The van der Waals surface area contributed by atoms with Gasteiger partial charge in [0.1, 0.15) is 6.33 Å². The van der Waals surface area contributed by atoms with Crippen molar-refractivity contribution in [1.29, 1.82) is 0 Å². The summed E-state index contributed by atoms with van der Waals surface area (Å²) >= 11 is 3.51. The normalized spacial score (nSPS) is 12.2. The molecule has 0 atom stereocenters. The standard InChI is InChI=1S/C12H13BrN6/c1-12(2,3)19-5-8(4-15-19)10-9(13)6-18-11(17-10)14-7-16-18/h4-7H,1-3H3. The fraction of sp³-hybridized carbons (Fsp3) is 0.333. The Bertz CT molecular complexity index is 736. The Morgan fingerprint density at radius 1 is 1.16 bits per heavy atom. The summed E-state index contributed by atoms with van der Waals surface area (Å²) in [6.07, 6.45) is 7.13. The van der Waals surface area contributed by atoms with E-state index in [1.807, 2.05) is 23.3 Å². The second-order valence-electron chi connectivity index (χ2n) is 5.29. The third-order valence-corrected chi connectivity index (χ3v) is 3.35. The van der Waals surface area contributed by atoms with Crippen LogP contribution in [0.3, 0.4) is 0 Å². The lowest BCUT2D eigenvalue weighted by atomic mass is 10.1. The van der Waals surface area contributed by atoms with E-state index in [0.717, 1.165) is 15.7 Å². The fourth-order valence-corrected chi connectivity index (χ4v) is 2.26. The van der Waals surface area contributed by atoms with Crippen LogP contribution >= 0.6 is 15.9 Å². The van der Waals surface area contributed by atoms with Crippen molar-refractivity contribution in [3.05, 3.63) is 29.4 Å². The Morgan fingerprint density at radius 3 is 2.63 bits per heavy atom. The summed E-state index contributed by atoms with van der Waals surface area (Å²) in [4.78, 5) is 8.58. The molecule has 0 aromatic carbocycles. The van der Waals surface area contributed by atoms with E-state index in [1.165, 1.54) is 6.33 Å². The maximum Gasteiger partial charge on any atom is 0.252 e. The van der Waals surface area contributed by atoms with Crippen molar-refractivity contribution < 1.29 is 0 Å². The van der Waals surface area contributed by atoms with Gasteiger partial charge in [-0.3, -0.25) is 4.68 Å². The van der Waals surface area contributed by atoms with Gasteiger partial charge in [0.2, 0.25) is 0 Å². The number of nitrogens with zero attached hydrogens (tertiary/aromatic N) is 6. The van der Waals surface area contributed by atoms with Gasteiger partial charge in [-0.25, -0.2) is 9.50 Å². The molecule has 0 N–H and O–H groups in total. The van der Waals surface area contributed by atoms with Crippen molar-refractivity contribution in [2.45, 2.75) is 26.3 Å². The van der Waals surface area contributed by atoms with Crippen LogP contribution in [0.5, 0.6) is 0 Å². The molecule has 0 aliphatic heterocycles. The van der Waals surface area contributed by atoms with E-state index in [2.05, 4.69) is 56.9 Å². The summed E-state index contributed by atoms with van der Waals surface area (Å²) in [5, 5.41) is 8.44. The van der Waals surface area contributed by atoms with Gasteiger partial charge in [0.15, 0.2) is 0 Å². The average molecular weight is 321 g/mol. The molecule has 0 spiro atoms. The number of hydrogen-bond acceptors (Lipinski definition) is 4. The highest BCUT2D eigenvalue weighted by atomic mass is 79.9. The minimum absolute atomic E-state index is 0.0519. The molecule has 3 aromatic rings. The molecule has 3 heterocycles. The number of aromatic nitrogens is 6. The molecule has 19 heavy (non-hydrogen) atoms. The topological polar surface area (TPSA) is 60.9 Å². The van der Waals surface area contributed by atoms with Gasteiger partial charge in [0, 0.05) is 18.0 Å². The zero-order valence-corrected chi connectivity index (χ0v) is 12.5. The Labute approximate surface area is 118 Å². The lowest BCUT2D eigenvalue weighted by Crippen LogP contribution is -2.21. The molecule has 7 heteroatoms. The quantitative estimate of drug-likeness (QED) is 0.691. The van der Waals surface area contributed by atoms with Gasteiger partial charge in [0.25, 0.3) is 5.78 Å². The highest BCUT2D eigenvalue weighted by Gasteiger charge is 2.16. The largest absolute Gasteiger partial charge is 0.267 e. The summed E-state index contributed by atoms with van der Waals surface area (Å²) in [6.45, 7) is 6.32. The van der Waals surface area contributed by atoms with Crippen molar-refractivity contribution in [2.75, 3.05) is 0 Å². The third kappa shape index (κ3) is 2.14. The number of fused-ring (bicyclic) bond motifs is 1. The molecular weight excluding hydrogens is 308 g/mol.